The summed E-state index contributed by atoms with van der Waals surface area (Å²) in [6.07, 6.45) is 0.624. The van der Waals surface area contributed by atoms with Gasteiger partial charge in [-0.25, -0.2) is 4.79 Å². The third kappa shape index (κ3) is 3.45. The maximum absolute atomic E-state index is 11.3. The number of carboxylic acids is 1. The van der Waals surface area contributed by atoms with E-state index in [2.05, 4.69) is 0 Å². The average molecular weight is 357 g/mol. The first-order chi connectivity index (χ1) is 11.6. The molecule has 24 heavy (non-hydrogen) atoms. The van der Waals surface area contributed by atoms with Crippen LogP contribution in [0.25, 0.3) is 11.1 Å². The predicted molar refractivity (Wildman–Crippen MR) is 98.1 cm³/mol. The Morgan fingerprint density at radius 2 is 1.46 bits per heavy atom. The second-order valence-corrected chi connectivity index (χ2v) is 6.24. The van der Waals surface area contributed by atoms with E-state index in [1.807, 2.05) is 54.6 Å². The SMILES string of the molecule is O=C(O)c1ccccc1-c1ccc(Cc2c(Cl)cccc2Cl)cc1. The number of carboxylic acid groups (broad SMARTS) is 1. The molecule has 120 valence electrons. The van der Waals surface area contributed by atoms with E-state index in [-0.39, 0.29) is 0 Å². The van der Waals surface area contributed by atoms with Crippen LogP contribution in [0.4, 0.5) is 0 Å². The molecule has 0 aliphatic rings. The van der Waals surface area contributed by atoms with Gasteiger partial charge < -0.3 is 5.11 Å². The van der Waals surface area contributed by atoms with Crippen LogP contribution in [-0.2, 0) is 6.42 Å². The second kappa shape index (κ2) is 7.08. The molecule has 0 amide bonds. The van der Waals surface area contributed by atoms with Crippen LogP contribution in [0.2, 0.25) is 10.0 Å². The van der Waals surface area contributed by atoms with Crippen molar-refractivity contribution in [3.8, 4) is 11.1 Å². The number of halogens is 2. The predicted octanol–water partition coefficient (Wildman–Crippen LogP) is 5.95. The molecule has 0 saturated heterocycles. The molecule has 0 heterocycles. The molecule has 1 N–H and O–H groups in total. The fourth-order valence-corrected chi connectivity index (χ4v) is 3.16. The zero-order valence-electron chi connectivity index (χ0n) is 12.7. The largest absolute Gasteiger partial charge is 0.478 e. The highest BCUT2D eigenvalue weighted by Gasteiger charge is 2.11. The molecular weight excluding hydrogens is 343 g/mol. The van der Waals surface area contributed by atoms with E-state index in [0.29, 0.717) is 27.6 Å². The molecule has 0 aromatic heterocycles. The molecule has 0 unspecified atom stereocenters. The Balaban J connectivity index is 1.91. The van der Waals surface area contributed by atoms with Gasteiger partial charge in [-0.15, -0.1) is 0 Å². The first-order valence-corrected chi connectivity index (χ1v) is 8.16. The number of hydrogen-bond acceptors (Lipinski definition) is 1. The summed E-state index contributed by atoms with van der Waals surface area (Å²) >= 11 is 12.4. The summed E-state index contributed by atoms with van der Waals surface area (Å²) in [5, 5.41) is 10.6. The minimum absolute atomic E-state index is 0.291. The van der Waals surface area contributed by atoms with Crippen molar-refractivity contribution in [2.75, 3.05) is 0 Å². The maximum Gasteiger partial charge on any atom is 0.336 e. The van der Waals surface area contributed by atoms with E-state index in [1.54, 1.807) is 12.1 Å². The van der Waals surface area contributed by atoms with Crippen LogP contribution >= 0.6 is 23.2 Å². The summed E-state index contributed by atoms with van der Waals surface area (Å²) in [7, 11) is 0. The third-order valence-electron chi connectivity index (χ3n) is 3.87. The summed E-state index contributed by atoms with van der Waals surface area (Å²) in [5.74, 6) is -0.933. The Kier molecular flexibility index (Phi) is 4.89. The monoisotopic (exact) mass is 356 g/mol. The fraction of sp³-hybridized carbons (Fsp3) is 0.0500. The Bertz CT molecular complexity index is 866. The second-order valence-electron chi connectivity index (χ2n) is 5.42. The normalized spacial score (nSPS) is 10.6. The van der Waals surface area contributed by atoms with Crippen molar-refractivity contribution in [2.24, 2.45) is 0 Å². The zero-order valence-corrected chi connectivity index (χ0v) is 14.2. The summed E-state index contributed by atoms with van der Waals surface area (Å²) in [4.78, 5) is 11.3. The van der Waals surface area contributed by atoms with E-state index in [9.17, 15) is 9.90 Å². The van der Waals surface area contributed by atoms with Gasteiger partial charge in [-0.1, -0.05) is 71.7 Å². The number of hydrogen-bond donors (Lipinski definition) is 1. The highest BCUT2D eigenvalue weighted by Crippen LogP contribution is 2.28. The standard InChI is InChI=1S/C20H14Cl2O2/c21-18-6-3-7-19(22)17(18)12-13-8-10-14(11-9-13)15-4-1-2-5-16(15)20(23)24/h1-11H,12H2,(H,23,24). The molecule has 0 aliphatic heterocycles. The van der Waals surface area contributed by atoms with Crippen LogP contribution < -0.4 is 0 Å². The molecule has 2 nitrogen and oxygen atoms in total. The number of rotatable bonds is 4. The first kappa shape index (κ1) is 16.6. The Labute approximate surface area is 150 Å². The van der Waals surface area contributed by atoms with Crippen LogP contribution in [0.1, 0.15) is 21.5 Å². The molecule has 0 bridgehead atoms. The van der Waals surface area contributed by atoms with E-state index in [1.165, 1.54) is 0 Å². The van der Waals surface area contributed by atoms with Gasteiger partial charge in [0.25, 0.3) is 0 Å². The molecule has 0 radical (unpaired) electrons. The molecule has 0 fully saturated rings. The van der Waals surface area contributed by atoms with Gasteiger partial charge in [0.1, 0.15) is 0 Å². The molecule has 3 aromatic rings. The van der Waals surface area contributed by atoms with E-state index in [4.69, 9.17) is 23.2 Å². The van der Waals surface area contributed by atoms with Crippen LogP contribution in [0, 0.1) is 0 Å². The summed E-state index contributed by atoms with van der Waals surface area (Å²) in [6, 6.07) is 20.2. The molecule has 3 aromatic carbocycles. The van der Waals surface area contributed by atoms with Crippen LogP contribution in [0.3, 0.4) is 0 Å². The zero-order chi connectivity index (χ0) is 17.1. The van der Waals surface area contributed by atoms with E-state index < -0.39 is 5.97 Å². The summed E-state index contributed by atoms with van der Waals surface area (Å²) < 4.78 is 0. The smallest absolute Gasteiger partial charge is 0.336 e. The number of carbonyl (C=O) groups is 1. The molecule has 0 atom stereocenters. The van der Waals surface area contributed by atoms with Gasteiger partial charge in [-0.3, -0.25) is 0 Å². The molecule has 0 aliphatic carbocycles. The Morgan fingerprint density at radius 1 is 0.833 bits per heavy atom. The lowest BCUT2D eigenvalue weighted by Gasteiger charge is -2.09. The minimum atomic E-state index is -0.933. The molecule has 3 rings (SSSR count). The van der Waals surface area contributed by atoms with Gasteiger partial charge in [0.05, 0.1) is 5.56 Å². The number of benzene rings is 3. The molecule has 0 saturated carbocycles. The highest BCUT2D eigenvalue weighted by atomic mass is 35.5. The lowest BCUT2D eigenvalue weighted by molar-refractivity contribution is 0.0697. The van der Waals surface area contributed by atoms with Gasteiger partial charge in [-0.2, -0.15) is 0 Å². The van der Waals surface area contributed by atoms with Crippen molar-refractivity contribution >= 4 is 29.2 Å². The lowest BCUT2D eigenvalue weighted by Crippen LogP contribution is -1.99. The van der Waals surface area contributed by atoms with Crippen LogP contribution in [0.15, 0.2) is 66.7 Å². The van der Waals surface area contributed by atoms with Crippen molar-refractivity contribution in [2.45, 2.75) is 6.42 Å². The van der Waals surface area contributed by atoms with E-state index >= 15 is 0 Å². The summed E-state index contributed by atoms with van der Waals surface area (Å²) in [5.41, 5.74) is 3.80. The van der Waals surface area contributed by atoms with Gasteiger partial charge in [0.15, 0.2) is 0 Å². The topological polar surface area (TPSA) is 37.3 Å². The van der Waals surface area contributed by atoms with Gasteiger partial charge in [0, 0.05) is 16.5 Å². The quantitative estimate of drug-likeness (QED) is 0.627. The van der Waals surface area contributed by atoms with Crippen molar-refractivity contribution in [3.63, 3.8) is 0 Å². The van der Waals surface area contributed by atoms with Gasteiger partial charge in [0.2, 0.25) is 0 Å². The fourth-order valence-electron chi connectivity index (χ4n) is 2.63. The first-order valence-electron chi connectivity index (χ1n) is 7.41. The van der Waals surface area contributed by atoms with E-state index in [0.717, 1.165) is 16.7 Å². The summed E-state index contributed by atoms with van der Waals surface area (Å²) in [6.45, 7) is 0. The number of aromatic carboxylic acids is 1. The van der Waals surface area contributed by atoms with Crippen molar-refractivity contribution in [1.29, 1.82) is 0 Å². The third-order valence-corrected chi connectivity index (χ3v) is 4.57. The average Bonchev–Trinajstić information content (AvgIpc) is 2.59. The molecule has 0 spiro atoms. The highest BCUT2D eigenvalue weighted by molar-refractivity contribution is 6.36. The van der Waals surface area contributed by atoms with Crippen molar-refractivity contribution in [1.82, 2.24) is 0 Å². The van der Waals surface area contributed by atoms with Crippen molar-refractivity contribution < 1.29 is 9.90 Å². The Hall–Kier alpha value is -2.29. The maximum atomic E-state index is 11.3. The van der Waals surface area contributed by atoms with Crippen LogP contribution in [0.5, 0.6) is 0 Å². The minimum Gasteiger partial charge on any atom is -0.478 e. The molecular formula is C20H14Cl2O2. The van der Waals surface area contributed by atoms with Gasteiger partial charge in [-0.05, 0) is 40.5 Å². The lowest BCUT2D eigenvalue weighted by atomic mass is 9.97. The molecule has 4 heteroatoms. The van der Waals surface area contributed by atoms with Crippen LogP contribution in [-0.4, -0.2) is 11.1 Å². The van der Waals surface area contributed by atoms with Crippen molar-refractivity contribution in [3.05, 3.63) is 93.5 Å². The van der Waals surface area contributed by atoms with Gasteiger partial charge >= 0.3 is 5.97 Å². The Morgan fingerprint density at radius 3 is 2.08 bits per heavy atom.